The topological polar surface area (TPSA) is 87.3 Å². The Balaban J connectivity index is 1.93. The van der Waals surface area contributed by atoms with Gasteiger partial charge in [0.05, 0.1) is 29.2 Å². The fourth-order valence-corrected chi connectivity index (χ4v) is 4.28. The smallest absolute Gasteiger partial charge is 0.328 e. The first-order valence-corrected chi connectivity index (χ1v) is 11.2. The molecule has 0 fully saturated rings. The van der Waals surface area contributed by atoms with Gasteiger partial charge in [-0.25, -0.2) is 14.6 Å². The van der Waals surface area contributed by atoms with Gasteiger partial charge in [0.1, 0.15) is 12.1 Å². The number of fused-ring (bicyclic) bond motifs is 1. The molecule has 0 radical (unpaired) electrons. The number of hydrogen-bond donors (Lipinski definition) is 2. The van der Waals surface area contributed by atoms with Gasteiger partial charge >= 0.3 is 12.0 Å². The molecule has 2 amide bonds. The lowest BCUT2D eigenvalue weighted by molar-refractivity contribution is -0.142. The summed E-state index contributed by atoms with van der Waals surface area (Å²) in [6.07, 6.45) is 4.64. The van der Waals surface area contributed by atoms with E-state index >= 15 is 0 Å². The van der Waals surface area contributed by atoms with Crippen LogP contribution in [-0.4, -0.2) is 58.6 Å². The molecule has 0 bridgehead atoms. The number of rotatable bonds is 6. The first-order valence-electron chi connectivity index (χ1n) is 9.07. The number of hydrogen-bond acceptors (Lipinski definition) is 5. The summed E-state index contributed by atoms with van der Waals surface area (Å²) < 4.78 is 4.85. The molecule has 1 aromatic carbocycles. The Bertz CT molecular complexity index is 892. The molecule has 1 aromatic heterocycles. The number of aromatic nitrogens is 2. The Morgan fingerprint density at radius 3 is 2.97 bits per heavy atom. The highest BCUT2D eigenvalue weighted by Crippen LogP contribution is 2.39. The highest BCUT2D eigenvalue weighted by molar-refractivity contribution is 7.98. The summed E-state index contributed by atoms with van der Waals surface area (Å²) in [4.78, 5) is 34.5. The third-order valence-corrected chi connectivity index (χ3v) is 6.33. The molecule has 10 heteroatoms. The summed E-state index contributed by atoms with van der Waals surface area (Å²) in [5.41, 5.74) is 2.34. The standard InChI is InChI=1S/C19H22Cl2N4O3S/c1-28-18(26)14(7-9-29-2)24-19(27)25-8-6-13-16(23-10-22-13)17(25)11-4-3-5-12(20)15(11)21/h3-5,10,14,17H,6-9H2,1-2H3,(H,22,23)(H,24,27)/t14-,17-/m0/s1. The number of imidazole rings is 1. The lowest BCUT2D eigenvalue weighted by atomic mass is 9.96. The number of thioether (sulfide) groups is 1. The fraction of sp³-hybridized carbons (Fsp3) is 0.421. The summed E-state index contributed by atoms with van der Waals surface area (Å²) in [6.45, 7) is 0.435. The molecule has 0 unspecified atom stereocenters. The first kappa shape index (κ1) is 21.8. The van der Waals surface area contributed by atoms with Crippen LogP contribution in [0, 0.1) is 0 Å². The molecule has 2 aromatic rings. The van der Waals surface area contributed by atoms with Crippen LogP contribution in [0.4, 0.5) is 4.79 Å². The Morgan fingerprint density at radius 2 is 2.24 bits per heavy atom. The zero-order valence-electron chi connectivity index (χ0n) is 16.1. The van der Waals surface area contributed by atoms with Crippen molar-refractivity contribution in [2.75, 3.05) is 25.7 Å². The van der Waals surface area contributed by atoms with E-state index in [1.165, 1.54) is 7.11 Å². The van der Waals surface area contributed by atoms with Crippen LogP contribution in [0.3, 0.4) is 0 Å². The fourth-order valence-electron chi connectivity index (χ4n) is 3.40. The average molecular weight is 457 g/mol. The van der Waals surface area contributed by atoms with E-state index in [1.54, 1.807) is 35.1 Å². The normalized spacial score (nSPS) is 16.8. The van der Waals surface area contributed by atoms with Crippen LogP contribution in [-0.2, 0) is 16.0 Å². The molecule has 0 saturated carbocycles. The molecule has 29 heavy (non-hydrogen) atoms. The number of nitrogens with zero attached hydrogens (tertiary/aromatic N) is 2. The number of esters is 1. The highest BCUT2D eigenvalue weighted by atomic mass is 35.5. The summed E-state index contributed by atoms with van der Waals surface area (Å²) >= 11 is 14.3. The van der Waals surface area contributed by atoms with E-state index in [4.69, 9.17) is 27.9 Å². The number of H-pyrrole nitrogens is 1. The number of methoxy groups -OCH3 is 1. The summed E-state index contributed by atoms with van der Waals surface area (Å²) in [5.74, 6) is 0.245. The number of nitrogens with one attached hydrogen (secondary N) is 2. The van der Waals surface area contributed by atoms with Crippen LogP contribution in [0.15, 0.2) is 24.5 Å². The first-order chi connectivity index (χ1) is 14.0. The predicted octanol–water partition coefficient (Wildman–Crippen LogP) is 3.67. The third kappa shape index (κ3) is 4.65. The number of carbonyl (C=O) groups is 2. The van der Waals surface area contributed by atoms with E-state index in [9.17, 15) is 9.59 Å². The number of aromatic amines is 1. The molecule has 3 rings (SSSR count). The van der Waals surface area contributed by atoms with Crippen LogP contribution in [0.25, 0.3) is 0 Å². The van der Waals surface area contributed by atoms with Crippen molar-refractivity contribution in [1.29, 1.82) is 0 Å². The minimum absolute atomic E-state index is 0.375. The van der Waals surface area contributed by atoms with Gasteiger partial charge in [0.15, 0.2) is 0 Å². The van der Waals surface area contributed by atoms with Crippen LogP contribution in [0.2, 0.25) is 10.0 Å². The largest absolute Gasteiger partial charge is 0.467 e. The highest BCUT2D eigenvalue weighted by Gasteiger charge is 2.37. The van der Waals surface area contributed by atoms with Crippen molar-refractivity contribution in [2.45, 2.75) is 24.9 Å². The third-order valence-electron chi connectivity index (χ3n) is 4.86. The lowest BCUT2D eigenvalue weighted by Gasteiger charge is -2.36. The van der Waals surface area contributed by atoms with Gasteiger partial charge in [-0.2, -0.15) is 11.8 Å². The zero-order valence-corrected chi connectivity index (χ0v) is 18.4. The molecule has 156 valence electrons. The maximum absolute atomic E-state index is 13.2. The zero-order chi connectivity index (χ0) is 21.0. The second-order valence-corrected chi connectivity index (χ2v) is 8.33. The maximum Gasteiger partial charge on any atom is 0.328 e. The van der Waals surface area contributed by atoms with Crippen LogP contribution in [0.1, 0.15) is 29.4 Å². The van der Waals surface area contributed by atoms with E-state index in [0.717, 1.165) is 5.69 Å². The SMILES string of the molecule is COC(=O)[C@H](CCSC)NC(=O)N1CCc2[nH]cnc2[C@@H]1c1cccc(Cl)c1Cl. The van der Waals surface area contributed by atoms with Crippen LogP contribution in [0.5, 0.6) is 0 Å². The molecule has 0 saturated heterocycles. The van der Waals surface area contributed by atoms with Gasteiger partial charge in [-0.1, -0.05) is 35.3 Å². The minimum Gasteiger partial charge on any atom is -0.467 e. The van der Waals surface area contributed by atoms with Crippen molar-refractivity contribution in [2.24, 2.45) is 0 Å². The molecule has 0 aliphatic carbocycles. The van der Waals surface area contributed by atoms with Gasteiger partial charge < -0.3 is 19.9 Å². The number of carbonyl (C=O) groups excluding carboxylic acids is 2. The van der Waals surface area contributed by atoms with Gasteiger partial charge in [-0.05, 0) is 24.5 Å². The van der Waals surface area contributed by atoms with Crippen molar-refractivity contribution < 1.29 is 14.3 Å². The molecule has 1 aliphatic rings. The Labute approximate surface area is 183 Å². The molecule has 1 aliphatic heterocycles. The molecule has 2 N–H and O–H groups in total. The van der Waals surface area contributed by atoms with E-state index in [1.807, 2.05) is 12.3 Å². The number of amides is 2. The Morgan fingerprint density at radius 1 is 1.45 bits per heavy atom. The summed E-state index contributed by atoms with van der Waals surface area (Å²) in [7, 11) is 1.31. The number of halogens is 2. The predicted molar refractivity (Wildman–Crippen MR) is 115 cm³/mol. The molecule has 0 spiro atoms. The van der Waals surface area contributed by atoms with Gasteiger partial charge in [0.2, 0.25) is 0 Å². The second kappa shape index (κ2) is 9.73. The molecule has 2 atom stereocenters. The molecule has 7 nitrogen and oxygen atoms in total. The van der Waals surface area contributed by atoms with E-state index in [2.05, 4.69) is 15.3 Å². The van der Waals surface area contributed by atoms with Crippen molar-refractivity contribution in [3.8, 4) is 0 Å². The van der Waals surface area contributed by atoms with Crippen molar-refractivity contribution >= 4 is 47.0 Å². The van der Waals surface area contributed by atoms with Crippen molar-refractivity contribution in [3.05, 3.63) is 51.5 Å². The maximum atomic E-state index is 13.2. The second-order valence-electron chi connectivity index (χ2n) is 6.56. The van der Waals surface area contributed by atoms with Gasteiger partial charge in [-0.3, -0.25) is 0 Å². The minimum atomic E-state index is -0.726. The number of benzene rings is 1. The van der Waals surface area contributed by atoms with Crippen LogP contribution < -0.4 is 5.32 Å². The molecular formula is C19H22Cl2N4O3S. The van der Waals surface area contributed by atoms with Crippen LogP contribution >= 0.6 is 35.0 Å². The van der Waals surface area contributed by atoms with E-state index < -0.39 is 18.1 Å². The number of ether oxygens (including phenoxy) is 1. The summed E-state index contributed by atoms with van der Waals surface area (Å²) in [5, 5.41) is 3.59. The molecular weight excluding hydrogens is 435 g/mol. The monoisotopic (exact) mass is 456 g/mol. The lowest BCUT2D eigenvalue weighted by Crippen LogP contribution is -2.51. The van der Waals surface area contributed by atoms with Crippen molar-refractivity contribution in [1.82, 2.24) is 20.2 Å². The van der Waals surface area contributed by atoms with E-state index in [0.29, 0.717) is 46.4 Å². The van der Waals surface area contributed by atoms with Crippen molar-refractivity contribution in [3.63, 3.8) is 0 Å². The quantitative estimate of drug-likeness (QED) is 0.647. The Hall–Kier alpha value is -1.90. The number of urea groups is 1. The Kier molecular flexibility index (Phi) is 7.32. The van der Waals surface area contributed by atoms with Gasteiger partial charge in [0, 0.05) is 24.2 Å². The van der Waals surface area contributed by atoms with E-state index in [-0.39, 0.29) is 6.03 Å². The van der Waals surface area contributed by atoms with Gasteiger partial charge in [0.25, 0.3) is 0 Å². The molecule has 2 heterocycles. The summed E-state index contributed by atoms with van der Waals surface area (Å²) in [6, 6.07) is 3.69. The average Bonchev–Trinajstić information content (AvgIpc) is 3.20. The van der Waals surface area contributed by atoms with Gasteiger partial charge in [-0.15, -0.1) is 0 Å².